The molecule has 0 radical (unpaired) electrons. The Bertz CT molecular complexity index is 1200. The maximum Gasteiger partial charge on any atom is 0.419 e. The quantitative estimate of drug-likeness (QED) is 0.648. The summed E-state index contributed by atoms with van der Waals surface area (Å²) in [6.45, 7) is 1.32. The summed E-state index contributed by atoms with van der Waals surface area (Å²) in [4.78, 5) is 24.0. The molecule has 3 aromatic rings. The number of hydrogen-bond acceptors (Lipinski definition) is 6. The van der Waals surface area contributed by atoms with E-state index < -0.39 is 23.2 Å². The van der Waals surface area contributed by atoms with Crippen LogP contribution >= 0.6 is 0 Å². The van der Waals surface area contributed by atoms with Gasteiger partial charge < -0.3 is 20.2 Å². The van der Waals surface area contributed by atoms with Gasteiger partial charge in [0.25, 0.3) is 5.91 Å². The number of fused-ring (bicyclic) bond motifs is 1. The van der Waals surface area contributed by atoms with Crippen molar-refractivity contribution in [3.05, 3.63) is 58.6 Å². The van der Waals surface area contributed by atoms with E-state index >= 15 is 0 Å². The Morgan fingerprint density at radius 2 is 2.03 bits per heavy atom. The molecule has 3 N–H and O–H groups in total. The Morgan fingerprint density at radius 3 is 2.74 bits per heavy atom. The number of hydrogen-bond donors (Lipinski definition) is 2. The van der Waals surface area contributed by atoms with Gasteiger partial charge in [-0.05, 0) is 48.2 Å². The van der Waals surface area contributed by atoms with E-state index in [4.69, 9.17) is 14.9 Å². The Labute approximate surface area is 179 Å². The van der Waals surface area contributed by atoms with Crippen LogP contribution in [0, 0.1) is 17.2 Å². The number of nitrogens with zero attached hydrogens (tertiary/aromatic N) is 2. The summed E-state index contributed by atoms with van der Waals surface area (Å²) >= 11 is 0. The predicted octanol–water partition coefficient (Wildman–Crippen LogP) is 1.71. The van der Waals surface area contributed by atoms with Crippen molar-refractivity contribution in [1.29, 1.82) is 5.26 Å². The number of nitrogens with one attached hydrogen (secondary N) is 1. The third kappa shape index (κ3) is 3.85. The number of rotatable bonds is 5. The van der Waals surface area contributed by atoms with E-state index in [1.54, 1.807) is 13.1 Å². The number of benzene rings is 2. The van der Waals surface area contributed by atoms with Crippen molar-refractivity contribution in [2.24, 2.45) is 18.7 Å². The highest BCUT2D eigenvalue weighted by molar-refractivity contribution is 5.85. The van der Waals surface area contributed by atoms with Crippen molar-refractivity contribution >= 4 is 17.0 Å². The van der Waals surface area contributed by atoms with Crippen LogP contribution in [0.15, 0.2) is 51.7 Å². The summed E-state index contributed by atoms with van der Waals surface area (Å²) in [5.74, 6) is -1.73. The zero-order valence-electron chi connectivity index (χ0n) is 17.3. The fourth-order valence-corrected chi connectivity index (χ4v) is 4.02. The molecule has 1 fully saturated rings. The lowest BCUT2D eigenvalue weighted by Crippen LogP contribution is -2.57. The fourth-order valence-electron chi connectivity index (χ4n) is 4.02. The number of carbonyl (C=O) groups is 1. The third-order valence-corrected chi connectivity index (χ3v) is 5.90. The summed E-state index contributed by atoms with van der Waals surface area (Å²) in [6.07, 6.45) is 1.10. The highest BCUT2D eigenvalue weighted by Gasteiger charge is 2.46. The average Bonchev–Trinajstić information content (AvgIpc) is 2.95. The molecule has 8 nitrogen and oxygen atoms in total. The second-order valence-electron chi connectivity index (χ2n) is 7.82. The number of primary amides is 1. The monoisotopic (exact) mass is 420 g/mol. The van der Waals surface area contributed by atoms with Crippen molar-refractivity contribution in [2.45, 2.75) is 18.4 Å². The number of oxazole rings is 1. The standard InChI is InChI=1S/C23H24N4O4/c1-27-19-12-17(7-8-20(19)31-22(27)29)16-5-3-15(4-6-16)11-18(13-24)23(21(25)28)14-26-9-2-10-30-23/h3-8,12,18,26H,2,9-11,14H2,1H3,(H2,25,28)/t18-,23?/m1/s1. The zero-order chi connectivity index (χ0) is 22.0. The van der Waals surface area contributed by atoms with E-state index in [0.29, 0.717) is 25.2 Å². The molecule has 1 aliphatic heterocycles. The Kier molecular flexibility index (Phi) is 5.63. The molecule has 2 atom stereocenters. The molecule has 0 aliphatic carbocycles. The van der Waals surface area contributed by atoms with Gasteiger partial charge >= 0.3 is 5.76 Å². The highest BCUT2D eigenvalue weighted by atomic mass is 16.5. The van der Waals surface area contributed by atoms with Crippen LogP contribution in [-0.4, -0.2) is 35.8 Å². The van der Waals surface area contributed by atoms with Gasteiger partial charge in [-0.1, -0.05) is 30.3 Å². The molecule has 0 spiro atoms. The van der Waals surface area contributed by atoms with Crippen molar-refractivity contribution in [2.75, 3.05) is 19.7 Å². The first-order valence-corrected chi connectivity index (χ1v) is 10.2. The first kappa shape index (κ1) is 20.8. The minimum absolute atomic E-state index is 0.224. The van der Waals surface area contributed by atoms with E-state index in [-0.39, 0.29) is 6.54 Å². The summed E-state index contributed by atoms with van der Waals surface area (Å²) < 4.78 is 12.5. The molecule has 160 valence electrons. The predicted molar refractivity (Wildman–Crippen MR) is 115 cm³/mol. The molecule has 0 saturated carbocycles. The normalized spacial score (nSPS) is 20.1. The lowest BCUT2D eigenvalue weighted by molar-refractivity contribution is -0.147. The number of ether oxygens (including phenoxy) is 1. The minimum Gasteiger partial charge on any atom is -0.408 e. The molecule has 0 bridgehead atoms. The van der Waals surface area contributed by atoms with Crippen molar-refractivity contribution in [3.8, 4) is 17.2 Å². The van der Waals surface area contributed by atoms with Gasteiger partial charge in [0.05, 0.1) is 17.5 Å². The first-order chi connectivity index (χ1) is 14.9. The lowest BCUT2D eigenvalue weighted by Gasteiger charge is -2.33. The smallest absolute Gasteiger partial charge is 0.408 e. The molecule has 1 aromatic heterocycles. The van der Waals surface area contributed by atoms with Crippen LogP contribution in [0.2, 0.25) is 0 Å². The molecule has 4 rings (SSSR count). The Morgan fingerprint density at radius 1 is 1.29 bits per heavy atom. The first-order valence-electron chi connectivity index (χ1n) is 10.2. The highest BCUT2D eigenvalue weighted by Crippen LogP contribution is 2.29. The lowest BCUT2D eigenvalue weighted by atomic mass is 9.82. The number of nitriles is 1. The van der Waals surface area contributed by atoms with Crippen LogP contribution in [0.1, 0.15) is 12.0 Å². The minimum atomic E-state index is -1.35. The van der Waals surface area contributed by atoms with Gasteiger partial charge in [-0.2, -0.15) is 5.26 Å². The Hall–Kier alpha value is -3.41. The van der Waals surface area contributed by atoms with Crippen LogP contribution < -0.4 is 16.8 Å². The number of carbonyl (C=O) groups excluding carboxylic acids is 1. The Balaban J connectivity index is 1.59. The van der Waals surface area contributed by atoms with E-state index in [1.165, 1.54) is 4.57 Å². The van der Waals surface area contributed by atoms with Gasteiger partial charge in [0.2, 0.25) is 0 Å². The van der Waals surface area contributed by atoms with Gasteiger partial charge in [0, 0.05) is 20.2 Å². The number of nitrogens with two attached hydrogens (primary N) is 1. The van der Waals surface area contributed by atoms with Crippen LogP contribution in [0.3, 0.4) is 0 Å². The molecular weight excluding hydrogens is 396 g/mol. The maximum atomic E-state index is 12.3. The van der Waals surface area contributed by atoms with Crippen molar-refractivity contribution < 1.29 is 13.9 Å². The topological polar surface area (TPSA) is 123 Å². The fraction of sp³-hybridized carbons (Fsp3) is 0.348. The molecule has 2 aromatic carbocycles. The molecule has 2 heterocycles. The second kappa shape index (κ2) is 8.38. The molecule has 31 heavy (non-hydrogen) atoms. The molecule has 1 aliphatic rings. The van der Waals surface area contributed by atoms with Gasteiger partial charge in [0.15, 0.2) is 11.2 Å². The molecule has 1 amide bonds. The molecule has 1 unspecified atom stereocenters. The van der Waals surface area contributed by atoms with Crippen LogP contribution in [0.4, 0.5) is 0 Å². The van der Waals surface area contributed by atoms with Crippen LogP contribution in [0.5, 0.6) is 0 Å². The second-order valence-corrected chi connectivity index (χ2v) is 7.82. The summed E-state index contributed by atoms with van der Waals surface area (Å²) in [7, 11) is 1.67. The van der Waals surface area contributed by atoms with Gasteiger partial charge in [-0.3, -0.25) is 9.36 Å². The van der Waals surface area contributed by atoms with E-state index in [1.807, 2.05) is 36.4 Å². The number of aryl methyl sites for hydroxylation is 1. The number of amides is 1. The number of aromatic nitrogens is 1. The van der Waals surface area contributed by atoms with Crippen LogP contribution in [0.25, 0.3) is 22.2 Å². The largest absolute Gasteiger partial charge is 0.419 e. The molecule has 8 heteroatoms. The molecular formula is C23H24N4O4. The van der Waals surface area contributed by atoms with E-state index in [2.05, 4.69) is 11.4 Å². The average molecular weight is 420 g/mol. The van der Waals surface area contributed by atoms with E-state index in [0.717, 1.165) is 28.6 Å². The summed E-state index contributed by atoms with van der Waals surface area (Å²) in [6, 6.07) is 15.6. The van der Waals surface area contributed by atoms with E-state index in [9.17, 15) is 14.9 Å². The third-order valence-electron chi connectivity index (χ3n) is 5.90. The molecule has 1 saturated heterocycles. The van der Waals surface area contributed by atoms with Crippen molar-refractivity contribution in [1.82, 2.24) is 9.88 Å². The summed E-state index contributed by atoms with van der Waals surface area (Å²) in [5, 5.41) is 13.0. The van der Waals surface area contributed by atoms with Gasteiger partial charge in [-0.25, -0.2) is 4.79 Å². The SMILES string of the molecule is Cn1c(=O)oc2ccc(-c3ccc(C[C@H](C#N)C4(C(N)=O)CNCCCO4)cc3)cc21. The van der Waals surface area contributed by atoms with Crippen molar-refractivity contribution in [3.63, 3.8) is 0 Å². The van der Waals surface area contributed by atoms with Crippen LogP contribution in [-0.2, 0) is 23.0 Å². The van der Waals surface area contributed by atoms with Gasteiger partial charge in [0.1, 0.15) is 0 Å². The maximum absolute atomic E-state index is 12.3. The summed E-state index contributed by atoms with van der Waals surface area (Å²) in [5.41, 5.74) is 8.40. The zero-order valence-corrected chi connectivity index (χ0v) is 17.3. The van der Waals surface area contributed by atoms with Gasteiger partial charge in [-0.15, -0.1) is 0 Å².